The van der Waals surface area contributed by atoms with Gasteiger partial charge < -0.3 is 19.4 Å². The van der Waals surface area contributed by atoms with Gasteiger partial charge in [0.05, 0.1) is 18.6 Å². The first-order valence-electron chi connectivity index (χ1n) is 9.90. The minimum atomic E-state index is -0.723. The summed E-state index contributed by atoms with van der Waals surface area (Å²) < 4.78 is 25.0. The Morgan fingerprint density at radius 2 is 2.03 bits per heavy atom. The molecular weight excluding hydrogens is 417 g/mol. The van der Waals surface area contributed by atoms with E-state index in [1.807, 2.05) is 18.2 Å². The lowest BCUT2D eigenvalue weighted by Gasteiger charge is -2.27. The number of para-hydroxylation sites is 2. The second-order valence-corrected chi connectivity index (χ2v) is 7.28. The maximum absolute atomic E-state index is 14.3. The molecule has 0 amide bonds. The zero-order chi connectivity index (χ0) is 22.2. The van der Waals surface area contributed by atoms with Crippen LogP contribution in [-0.4, -0.2) is 33.5 Å². The van der Waals surface area contributed by atoms with Crippen molar-refractivity contribution in [2.75, 3.05) is 18.6 Å². The molecule has 32 heavy (non-hydrogen) atoms. The van der Waals surface area contributed by atoms with Crippen LogP contribution in [0.25, 0.3) is 10.9 Å². The highest BCUT2D eigenvalue weighted by Gasteiger charge is 2.32. The van der Waals surface area contributed by atoms with Crippen LogP contribution in [0, 0.1) is 15.9 Å². The van der Waals surface area contributed by atoms with Crippen molar-refractivity contribution >= 4 is 22.4 Å². The maximum Gasteiger partial charge on any atom is 0.373 e. The molecule has 0 saturated heterocycles. The second-order valence-electron chi connectivity index (χ2n) is 7.28. The lowest BCUT2D eigenvalue weighted by molar-refractivity contribution is -0.385. The normalized spacial score (nSPS) is 13.1. The molecule has 3 heterocycles. The number of rotatable bonds is 5. The fourth-order valence-electron chi connectivity index (χ4n) is 4.04. The number of methoxy groups -OCH3 is 1. The molecule has 1 aliphatic rings. The van der Waals surface area contributed by atoms with E-state index in [2.05, 4.69) is 21.0 Å². The lowest BCUT2D eigenvalue weighted by Crippen LogP contribution is -2.31. The molecule has 2 aromatic heterocycles. The predicted molar refractivity (Wildman–Crippen MR) is 115 cm³/mol. The second kappa shape index (κ2) is 7.80. The lowest BCUT2D eigenvalue weighted by atomic mass is 10.0. The summed E-state index contributed by atoms with van der Waals surface area (Å²) in [6.45, 7) is 0.930. The third kappa shape index (κ3) is 3.25. The largest absolute Gasteiger partial charge is 0.493 e. The van der Waals surface area contributed by atoms with Gasteiger partial charge in [-0.1, -0.05) is 24.3 Å². The highest BCUT2D eigenvalue weighted by atomic mass is 19.1. The fourth-order valence-corrected chi connectivity index (χ4v) is 4.04. The number of fused-ring (bicyclic) bond motifs is 3. The molecule has 0 bridgehead atoms. The summed E-state index contributed by atoms with van der Waals surface area (Å²) in [7, 11) is 1.35. The van der Waals surface area contributed by atoms with Crippen LogP contribution in [0.1, 0.15) is 11.3 Å². The Kier molecular flexibility index (Phi) is 4.81. The van der Waals surface area contributed by atoms with Gasteiger partial charge >= 0.3 is 11.6 Å². The van der Waals surface area contributed by atoms with Crippen molar-refractivity contribution in [3.63, 3.8) is 0 Å². The zero-order valence-corrected chi connectivity index (χ0v) is 17.0. The molecular formula is C22H18FN5O4. The van der Waals surface area contributed by atoms with Crippen LogP contribution in [0.3, 0.4) is 0 Å². The molecule has 0 saturated carbocycles. The van der Waals surface area contributed by atoms with Crippen LogP contribution in [0.4, 0.5) is 15.9 Å². The third-order valence-corrected chi connectivity index (χ3v) is 5.48. The van der Waals surface area contributed by atoms with Gasteiger partial charge in [0.2, 0.25) is 11.6 Å². The standard InChI is InChI=1S/C22H18FN5O4/c1-31-18-8-4-6-15(23)20(18)32-22-19(28(29)30)21(24-12-25-22)27-10-9-14-13-5-2-3-7-16(13)26-17(14)11-27/h2-8,12,26H,9-11H2,1H3. The Labute approximate surface area is 181 Å². The molecule has 1 aliphatic heterocycles. The maximum atomic E-state index is 14.3. The number of nitrogens with zero attached hydrogens (tertiary/aromatic N) is 4. The molecule has 0 atom stereocenters. The van der Waals surface area contributed by atoms with Gasteiger partial charge in [0.15, 0.2) is 11.6 Å². The molecule has 0 fully saturated rings. The zero-order valence-electron chi connectivity index (χ0n) is 17.0. The van der Waals surface area contributed by atoms with Gasteiger partial charge in [-0.2, -0.15) is 4.98 Å². The van der Waals surface area contributed by atoms with Crippen molar-refractivity contribution in [2.24, 2.45) is 0 Å². The minimum absolute atomic E-state index is 0.0974. The van der Waals surface area contributed by atoms with Gasteiger partial charge in [-0.25, -0.2) is 9.37 Å². The summed E-state index contributed by atoms with van der Waals surface area (Å²) in [5.41, 5.74) is 2.76. The van der Waals surface area contributed by atoms with Gasteiger partial charge in [-0.3, -0.25) is 10.1 Å². The van der Waals surface area contributed by atoms with E-state index in [9.17, 15) is 14.5 Å². The Morgan fingerprint density at radius 1 is 1.19 bits per heavy atom. The number of hydrogen-bond acceptors (Lipinski definition) is 7. The van der Waals surface area contributed by atoms with Gasteiger partial charge in [-0.05, 0) is 30.2 Å². The van der Waals surface area contributed by atoms with Gasteiger partial charge in [0.25, 0.3) is 0 Å². The number of nitro groups is 1. The molecule has 9 nitrogen and oxygen atoms in total. The van der Waals surface area contributed by atoms with Crippen LogP contribution in [-0.2, 0) is 13.0 Å². The quantitative estimate of drug-likeness (QED) is 0.366. The number of hydrogen-bond donors (Lipinski definition) is 1. The number of aromatic nitrogens is 3. The number of benzene rings is 2. The number of nitrogens with one attached hydrogen (secondary N) is 1. The monoisotopic (exact) mass is 435 g/mol. The SMILES string of the molecule is COc1cccc(F)c1Oc1ncnc(N2CCc3c([nH]c4ccccc34)C2)c1[N+](=O)[O-]. The molecule has 1 N–H and O–H groups in total. The third-order valence-electron chi connectivity index (χ3n) is 5.48. The Balaban J connectivity index is 1.54. The summed E-state index contributed by atoms with van der Waals surface area (Å²) >= 11 is 0. The van der Waals surface area contributed by atoms with Crippen LogP contribution >= 0.6 is 0 Å². The van der Waals surface area contributed by atoms with Crippen LogP contribution in [0.15, 0.2) is 48.8 Å². The van der Waals surface area contributed by atoms with E-state index in [4.69, 9.17) is 9.47 Å². The van der Waals surface area contributed by atoms with E-state index in [1.165, 1.54) is 37.2 Å². The number of aromatic amines is 1. The van der Waals surface area contributed by atoms with Crippen molar-refractivity contribution in [1.82, 2.24) is 15.0 Å². The highest BCUT2D eigenvalue weighted by molar-refractivity contribution is 5.85. The first kappa shape index (κ1) is 19.7. The Bertz CT molecular complexity index is 1340. The van der Waals surface area contributed by atoms with Crippen molar-refractivity contribution in [1.29, 1.82) is 0 Å². The molecule has 2 aromatic carbocycles. The summed E-state index contributed by atoms with van der Waals surface area (Å²) in [5.74, 6) is -1.15. The van der Waals surface area contributed by atoms with Crippen LogP contribution < -0.4 is 14.4 Å². The van der Waals surface area contributed by atoms with Crippen molar-refractivity contribution in [3.05, 3.63) is 76.0 Å². The molecule has 10 heteroatoms. The van der Waals surface area contributed by atoms with Gasteiger partial charge in [-0.15, -0.1) is 0 Å². The van der Waals surface area contributed by atoms with E-state index < -0.39 is 16.4 Å². The molecule has 4 aromatic rings. The molecule has 5 rings (SSSR count). The molecule has 0 spiro atoms. The Hall–Kier alpha value is -4.21. The number of halogens is 1. The summed E-state index contributed by atoms with van der Waals surface area (Å²) in [4.78, 5) is 24.6. The van der Waals surface area contributed by atoms with Crippen molar-refractivity contribution in [2.45, 2.75) is 13.0 Å². The fraction of sp³-hybridized carbons (Fsp3) is 0.182. The number of anilines is 1. The van der Waals surface area contributed by atoms with Crippen LogP contribution in [0.2, 0.25) is 0 Å². The minimum Gasteiger partial charge on any atom is -0.493 e. The topological polar surface area (TPSA) is 106 Å². The average Bonchev–Trinajstić information content (AvgIpc) is 3.18. The van der Waals surface area contributed by atoms with E-state index in [0.29, 0.717) is 19.5 Å². The molecule has 0 radical (unpaired) electrons. The summed E-state index contributed by atoms with van der Waals surface area (Å²) in [5, 5.41) is 13.1. The number of H-pyrrole nitrogens is 1. The summed E-state index contributed by atoms with van der Waals surface area (Å²) in [6.07, 6.45) is 1.86. The predicted octanol–water partition coefficient (Wildman–Crippen LogP) is 4.37. The molecule has 0 unspecified atom stereocenters. The van der Waals surface area contributed by atoms with Crippen LogP contribution in [0.5, 0.6) is 17.4 Å². The van der Waals surface area contributed by atoms with Crippen molar-refractivity contribution < 1.29 is 18.8 Å². The average molecular weight is 435 g/mol. The molecule has 162 valence electrons. The Morgan fingerprint density at radius 3 is 2.84 bits per heavy atom. The molecule has 0 aliphatic carbocycles. The van der Waals surface area contributed by atoms with E-state index in [-0.39, 0.29) is 23.2 Å². The van der Waals surface area contributed by atoms with Gasteiger partial charge in [0, 0.05) is 23.1 Å². The highest BCUT2D eigenvalue weighted by Crippen LogP contribution is 2.41. The number of ether oxygens (including phenoxy) is 2. The smallest absolute Gasteiger partial charge is 0.373 e. The summed E-state index contributed by atoms with van der Waals surface area (Å²) in [6, 6.07) is 12.1. The first-order valence-corrected chi connectivity index (χ1v) is 9.90. The first-order chi connectivity index (χ1) is 15.6. The van der Waals surface area contributed by atoms with E-state index >= 15 is 0 Å². The van der Waals surface area contributed by atoms with E-state index in [0.717, 1.165) is 16.6 Å². The van der Waals surface area contributed by atoms with Gasteiger partial charge in [0.1, 0.15) is 6.33 Å². The van der Waals surface area contributed by atoms with Crippen molar-refractivity contribution in [3.8, 4) is 17.4 Å². The van der Waals surface area contributed by atoms with E-state index in [1.54, 1.807) is 4.90 Å².